The number of nitrogens with one attached hydrogen (secondary N) is 2. The average Bonchev–Trinajstić information content (AvgIpc) is 3.34. The van der Waals surface area contributed by atoms with Gasteiger partial charge in [-0.05, 0) is 30.3 Å². The van der Waals surface area contributed by atoms with Gasteiger partial charge in [-0.3, -0.25) is 0 Å². The van der Waals surface area contributed by atoms with Crippen LogP contribution in [-0.4, -0.2) is 22.2 Å². The van der Waals surface area contributed by atoms with E-state index in [1.807, 2.05) is 59.3 Å². The summed E-state index contributed by atoms with van der Waals surface area (Å²) in [5, 5.41) is 5.71. The molecule has 0 spiro atoms. The highest BCUT2D eigenvalue weighted by molar-refractivity contribution is 6.02. The Morgan fingerprint density at radius 1 is 0.964 bits per heavy atom. The maximum atomic E-state index is 12.5. The van der Waals surface area contributed by atoms with Crippen LogP contribution < -0.4 is 20.1 Å². The van der Waals surface area contributed by atoms with E-state index in [4.69, 9.17) is 9.47 Å². The van der Waals surface area contributed by atoms with Crippen molar-refractivity contribution in [3.63, 3.8) is 0 Å². The Hall–Kier alpha value is -4.00. The predicted octanol–water partition coefficient (Wildman–Crippen LogP) is 4.37. The quantitative estimate of drug-likeness (QED) is 0.560. The number of rotatable bonds is 3. The molecule has 0 radical (unpaired) electrons. The highest BCUT2D eigenvalue weighted by Gasteiger charge is 2.15. The minimum atomic E-state index is -0.352. The van der Waals surface area contributed by atoms with Crippen LogP contribution in [-0.2, 0) is 0 Å². The Kier molecular flexibility index (Phi) is 3.83. The van der Waals surface area contributed by atoms with Crippen LogP contribution in [0.15, 0.2) is 73.1 Å². The molecular formula is C21H16N4O3. The minimum Gasteiger partial charge on any atom is -0.454 e. The molecule has 5 rings (SSSR count). The lowest BCUT2D eigenvalue weighted by molar-refractivity contribution is 0.174. The first-order valence-electron chi connectivity index (χ1n) is 8.77. The fraction of sp³-hybridized carbons (Fsp3) is 0.0476. The van der Waals surface area contributed by atoms with E-state index < -0.39 is 0 Å². The lowest BCUT2D eigenvalue weighted by Gasteiger charge is -2.11. The van der Waals surface area contributed by atoms with Gasteiger partial charge >= 0.3 is 6.03 Å². The van der Waals surface area contributed by atoms with Gasteiger partial charge in [0.15, 0.2) is 11.5 Å². The third kappa shape index (κ3) is 2.99. The maximum absolute atomic E-state index is 12.5. The number of hydrogen-bond donors (Lipinski definition) is 2. The molecule has 0 aliphatic carbocycles. The SMILES string of the molecule is O=C(Nc1ccc2c(c1)OCO2)Nc1ccccc1-c1cn2ccccc2n1. The first-order chi connectivity index (χ1) is 13.8. The van der Waals surface area contributed by atoms with E-state index in [0.717, 1.165) is 16.9 Å². The van der Waals surface area contributed by atoms with Gasteiger partial charge in [0, 0.05) is 29.7 Å². The number of fused-ring (bicyclic) bond motifs is 2. The molecule has 2 aromatic heterocycles. The van der Waals surface area contributed by atoms with Crippen molar-refractivity contribution >= 4 is 23.1 Å². The zero-order chi connectivity index (χ0) is 18.9. The van der Waals surface area contributed by atoms with E-state index in [1.165, 1.54) is 0 Å². The lowest BCUT2D eigenvalue weighted by Crippen LogP contribution is -2.19. The zero-order valence-corrected chi connectivity index (χ0v) is 14.8. The van der Waals surface area contributed by atoms with Crippen LogP contribution in [0.1, 0.15) is 0 Å². The highest BCUT2D eigenvalue weighted by atomic mass is 16.7. The molecular weight excluding hydrogens is 356 g/mol. The van der Waals surface area contributed by atoms with Gasteiger partial charge in [-0.2, -0.15) is 0 Å². The Labute approximate surface area is 160 Å². The summed E-state index contributed by atoms with van der Waals surface area (Å²) in [6, 6.07) is 18.3. The molecule has 2 aromatic carbocycles. The number of amides is 2. The Balaban J connectivity index is 1.39. The summed E-state index contributed by atoms with van der Waals surface area (Å²) >= 11 is 0. The van der Waals surface area contributed by atoms with E-state index in [9.17, 15) is 4.79 Å². The number of nitrogens with zero attached hydrogens (tertiary/aromatic N) is 2. The predicted molar refractivity (Wildman–Crippen MR) is 106 cm³/mol. The van der Waals surface area contributed by atoms with Gasteiger partial charge < -0.3 is 24.5 Å². The van der Waals surface area contributed by atoms with E-state index in [1.54, 1.807) is 18.2 Å². The molecule has 1 aliphatic rings. The molecule has 0 saturated heterocycles. The zero-order valence-electron chi connectivity index (χ0n) is 14.8. The number of pyridine rings is 1. The van der Waals surface area contributed by atoms with Crippen molar-refractivity contribution in [1.29, 1.82) is 0 Å². The summed E-state index contributed by atoms with van der Waals surface area (Å²) in [5.41, 5.74) is 3.76. The Bertz CT molecular complexity index is 1150. The average molecular weight is 372 g/mol. The number of hydrogen-bond acceptors (Lipinski definition) is 4. The number of ether oxygens (including phenoxy) is 2. The molecule has 28 heavy (non-hydrogen) atoms. The maximum Gasteiger partial charge on any atom is 0.323 e. The normalized spacial score (nSPS) is 12.1. The highest BCUT2D eigenvalue weighted by Crippen LogP contribution is 2.34. The number of aromatic nitrogens is 2. The van der Waals surface area contributed by atoms with Crippen molar-refractivity contribution < 1.29 is 14.3 Å². The molecule has 1 aliphatic heterocycles. The van der Waals surface area contributed by atoms with Gasteiger partial charge in [0.25, 0.3) is 0 Å². The molecule has 7 nitrogen and oxygen atoms in total. The fourth-order valence-electron chi connectivity index (χ4n) is 3.14. The van der Waals surface area contributed by atoms with Crippen LogP contribution in [0.2, 0.25) is 0 Å². The van der Waals surface area contributed by atoms with Gasteiger partial charge in [0.05, 0.1) is 11.4 Å². The smallest absolute Gasteiger partial charge is 0.323 e. The second-order valence-electron chi connectivity index (χ2n) is 6.28. The fourth-order valence-corrected chi connectivity index (χ4v) is 3.14. The van der Waals surface area contributed by atoms with Crippen molar-refractivity contribution in [2.75, 3.05) is 17.4 Å². The third-order valence-corrected chi connectivity index (χ3v) is 4.45. The summed E-state index contributed by atoms with van der Waals surface area (Å²) < 4.78 is 12.6. The van der Waals surface area contributed by atoms with Crippen LogP contribution in [0.3, 0.4) is 0 Å². The molecule has 0 unspecified atom stereocenters. The molecule has 2 amide bonds. The van der Waals surface area contributed by atoms with E-state index in [-0.39, 0.29) is 12.8 Å². The summed E-state index contributed by atoms with van der Waals surface area (Å²) in [4.78, 5) is 17.2. The topological polar surface area (TPSA) is 76.9 Å². The second-order valence-corrected chi connectivity index (χ2v) is 6.28. The van der Waals surface area contributed by atoms with Crippen LogP contribution in [0.5, 0.6) is 11.5 Å². The summed E-state index contributed by atoms with van der Waals surface area (Å²) in [6.07, 6.45) is 3.87. The van der Waals surface area contributed by atoms with E-state index >= 15 is 0 Å². The van der Waals surface area contributed by atoms with E-state index in [2.05, 4.69) is 15.6 Å². The van der Waals surface area contributed by atoms with Gasteiger partial charge in [-0.25, -0.2) is 9.78 Å². The molecule has 138 valence electrons. The molecule has 4 aromatic rings. The molecule has 7 heteroatoms. The number of carbonyl (C=O) groups excluding carboxylic acids is 1. The number of benzene rings is 2. The summed E-state index contributed by atoms with van der Waals surface area (Å²) in [7, 11) is 0. The standard InChI is InChI=1S/C21H16N4O3/c26-21(22-14-8-9-18-19(11-14)28-13-27-18)24-16-6-2-1-5-15(16)17-12-25-10-4-3-7-20(25)23-17/h1-12H,13H2,(H2,22,24,26). The van der Waals surface area contributed by atoms with Crippen LogP contribution >= 0.6 is 0 Å². The first kappa shape index (κ1) is 16.2. The van der Waals surface area contributed by atoms with Crippen molar-refractivity contribution in [1.82, 2.24) is 9.38 Å². The number of anilines is 2. The van der Waals surface area contributed by atoms with E-state index in [0.29, 0.717) is 22.9 Å². The molecule has 3 heterocycles. The number of imidazole rings is 1. The van der Waals surface area contributed by atoms with Gasteiger partial charge in [-0.1, -0.05) is 24.3 Å². The van der Waals surface area contributed by atoms with Gasteiger partial charge in [-0.15, -0.1) is 0 Å². The Morgan fingerprint density at radius 2 is 1.82 bits per heavy atom. The molecule has 0 bridgehead atoms. The monoisotopic (exact) mass is 372 g/mol. The van der Waals surface area contributed by atoms with Gasteiger partial charge in [0.2, 0.25) is 6.79 Å². The largest absolute Gasteiger partial charge is 0.454 e. The molecule has 2 N–H and O–H groups in total. The van der Waals surface area contributed by atoms with Crippen LogP contribution in [0, 0.1) is 0 Å². The molecule has 0 saturated carbocycles. The van der Waals surface area contributed by atoms with Crippen LogP contribution in [0.25, 0.3) is 16.9 Å². The van der Waals surface area contributed by atoms with Crippen molar-refractivity contribution in [3.8, 4) is 22.8 Å². The van der Waals surface area contributed by atoms with Crippen molar-refractivity contribution in [2.24, 2.45) is 0 Å². The Morgan fingerprint density at radius 3 is 2.75 bits per heavy atom. The van der Waals surface area contributed by atoms with Crippen LogP contribution in [0.4, 0.5) is 16.2 Å². The lowest BCUT2D eigenvalue weighted by atomic mass is 10.1. The number of para-hydroxylation sites is 1. The second kappa shape index (κ2) is 6.62. The third-order valence-electron chi connectivity index (χ3n) is 4.45. The number of urea groups is 1. The number of carbonyl (C=O) groups is 1. The first-order valence-corrected chi connectivity index (χ1v) is 8.77. The van der Waals surface area contributed by atoms with Crippen molar-refractivity contribution in [3.05, 3.63) is 73.1 Å². The minimum absolute atomic E-state index is 0.192. The summed E-state index contributed by atoms with van der Waals surface area (Å²) in [5.74, 6) is 1.28. The molecule has 0 atom stereocenters. The molecule has 0 fully saturated rings. The van der Waals surface area contributed by atoms with Crippen molar-refractivity contribution in [2.45, 2.75) is 0 Å². The summed E-state index contributed by atoms with van der Waals surface area (Å²) in [6.45, 7) is 0.192. The van der Waals surface area contributed by atoms with Gasteiger partial charge in [0.1, 0.15) is 5.65 Å².